The van der Waals surface area contributed by atoms with Crippen molar-refractivity contribution in [3.8, 4) is 0 Å². The highest BCUT2D eigenvalue weighted by molar-refractivity contribution is 8.00. The third kappa shape index (κ3) is 3.12. The quantitative estimate of drug-likeness (QED) is 0.892. The van der Waals surface area contributed by atoms with E-state index in [2.05, 4.69) is 4.99 Å². The van der Waals surface area contributed by atoms with Crippen LogP contribution >= 0.6 is 23.4 Å². The Hall–Kier alpha value is -1.78. The molecule has 3 rings (SSSR count). The van der Waals surface area contributed by atoms with Crippen molar-refractivity contribution >= 4 is 40.7 Å². The zero-order valence-corrected chi connectivity index (χ0v) is 12.6. The first-order valence-corrected chi connectivity index (χ1v) is 7.71. The van der Waals surface area contributed by atoms with E-state index in [9.17, 15) is 9.90 Å². The summed E-state index contributed by atoms with van der Waals surface area (Å²) in [5, 5.41) is 9.51. The van der Waals surface area contributed by atoms with Crippen molar-refractivity contribution in [2.45, 2.75) is 16.6 Å². The molecule has 1 N–H and O–H groups in total. The molecule has 0 aliphatic carbocycles. The molecule has 0 saturated heterocycles. The fourth-order valence-electron chi connectivity index (χ4n) is 2.17. The van der Waals surface area contributed by atoms with Crippen molar-refractivity contribution in [2.75, 3.05) is 0 Å². The summed E-state index contributed by atoms with van der Waals surface area (Å²) in [6.45, 7) is 0. The van der Waals surface area contributed by atoms with Crippen LogP contribution < -0.4 is 0 Å². The summed E-state index contributed by atoms with van der Waals surface area (Å²) in [5.41, 5.74) is 2.50. The van der Waals surface area contributed by atoms with Gasteiger partial charge in [-0.25, -0.2) is 0 Å². The Bertz CT molecular complexity index is 712. The molecule has 2 aromatic carbocycles. The Balaban J connectivity index is 2.07. The second kappa shape index (κ2) is 5.92. The summed E-state index contributed by atoms with van der Waals surface area (Å²) in [6.07, 6.45) is 0.385. The van der Waals surface area contributed by atoms with Gasteiger partial charge in [-0.3, -0.25) is 9.79 Å². The largest absolute Gasteiger partial charge is 0.480 e. The van der Waals surface area contributed by atoms with Gasteiger partial charge in [0.1, 0.15) is 5.25 Å². The second-order valence-electron chi connectivity index (χ2n) is 4.68. The van der Waals surface area contributed by atoms with Gasteiger partial charge in [-0.1, -0.05) is 35.9 Å². The van der Waals surface area contributed by atoms with Gasteiger partial charge in [0.2, 0.25) is 0 Å². The maximum Gasteiger partial charge on any atom is 0.317 e. The third-order valence-electron chi connectivity index (χ3n) is 3.22. The molecule has 1 atom stereocenters. The zero-order valence-electron chi connectivity index (χ0n) is 11.0. The fourth-order valence-corrected chi connectivity index (χ4v) is 3.34. The smallest absolute Gasteiger partial charge is 0.317 e. The molecular formula is C16H12ClNO2S. The maximum atomic E-state index is 11.5. The summed E-state index contributed by atoms with van der Waals surface area (Å²) in [7, 11) is 0. The average molecular weight is 318 g/mol. The van der Waals surface area contributed by atoms with Gasteiger partial charge in [-0.15, -0.1) is 11.8 Å². The van der Waals surface area contributed by atoms with Crippen molar-refractivity contribution in [3.05, 3.63) is 59.1 Å². The number of hydrogen-bond acceptors (Lipinski definition) is 3. The Morgan fingerprint density at radius 1 is 1.19 bits per heavy atom. The minimum atomic E-state index is -0.821. The molecule has 3 nitrogen and oxygen atoms in total. The molecule has 1 heterocycles. The van der Waals surface area contributed by atoms with Gasteiger partial charge in [0.15, 0.2) is 0 Å². The molecular weight excluding hydrogens is 306 g/mol. The fraction of sp³-hybridized carbons (Fsp3) is 0.125. The molecule has 0 amide bonds. The number of carbonyl (C=O) groups is 1. The van der Waals surface area contributed by atoms with E-state index in [1.54, 1.807) is 12.1 Å². The minimum Gasteiger partial charge on any atom is -0.480 e. The van der Waals surface area contributed by atoms with Crippen LogP contribution in [0, 0.1) is 0 Å². The van der Waals surface area contributed by atoms with Gasteiger partial charge in [0.05, 0.1) is 11.4 Å². The normalized spacial score (nSPS) is 17.6. The molecule has 106 valence electrons. The van der Waals surface area contributed by atoms with Gasteiger partial charge in [0, 0.05) is 16.3 Å². The molecule has 21 heavy (non-hydrogen) atoms. The number of fused-ring (bicyclic) bond motifs is 1. The summed E-state index contributed by atoms with van der Waals surface area (Å²) < 4.78 is 0. The Morgan fingerprint density at radius 2 is 1.90 bits per heavy atom. The molecule has 2 aromatic rings. The van der Waals surface area contributed by atoms with Crippen LogP contribution in [0.4, 0.5) is 5.69 Å². The van der Waals surface area contributed by atoms with Crippen LogP contribution in [0.15, 0.2) is 58.4 Å². The lowest BCUT2D eigenvalue weighted by molar-refractivity contribution is -0.136. The topological polar surface area (TPSA) is 49.7 Å². The van der Waals surface area contributed by atoms with E-state index in [0.717, 1.165) is 21.9 Å². The molecule has 0 fully saturated rings. The van der Waals surface area contributed by atoms with Crippen molar-refractivity contribution in [1.29, 1.82) is 0 Å². The average Bonchev–Trinajstić information content (AvgIpc) is 2.67. The van der Waals surface area contributed by atoms with E-state index in [0.29, 0.717) is 11.4 Å². The molecule has 0 radical (unpaired) electrons. The highest BCUT2D eigenvalue weighted by Crippen LogP contribution is 2.37. The molecule has 1 aliphatic rings. The van der Waals surface area contributed by atoms with Gasteiger partial charge >= 0.3 is 5.97 Å². The van der Waals surface area contributed by atoms with Gasteiger partial charge in [0.25, 0.3) is 0 Å². The van der Waals surface area contributed by atoms with Crippen LogP contribution in [-0.2, 0) is 4.79 Å². The predicted molar refractivity (Wildman–Crippen MR) is 86.0 cm³/mol. The molecule has 5 heteroatoms. The number of nitrogens with zero attached hydrogens (tertiary/aromatic N) is 1. The highest BCUT2D eigenvalue weighted by Gasteiger charge is 2.26. The van der Waals surface area contributed by atoms with Crippen LogP contribution in [-0.4, -0.2) is 22.0 Å². The van der Waals surface area contributed by atoms with E-state index < -0.39 is 11.2 Å². The lowest BCUT2D eigenvalue weighted by atomic mass is 10.1. The molecule has 0 spiro atoms. The van der Waals surface area contributed by atoms with Crippen LogP contribution in [0.1, 0.15) is 12.0 Å². The first-order valence-electron chi connectivity index (χ1n) is 6.45. The minimum absolute atomic E-state index is 0.385. The number of aliphatic carboxylic acids is 1. The van der Waals surface area contributed by atoms with Crippen LogP contribution in [0.3, 0.4) is 0 Å². The van der Waals surface area contributed by atoms with Crippen molar-refractivity contribution in [2.24, 2.45) is 4.99 Å². The van der Waals surface area contributed by atoms with Crippen LogP contribution in [0.5, 0.6) is 0 Å². The van der Waals surface area contributed by atoms with E-state index in [1.165, 1.54) is 11.8 Å². The molecule has 0 saturated carbocycles. The van der Waals surface area contributed by atoms with Gasteiger partial charge < -0.3 is 5.11 Å². The second-order valence-corrected chi connectivity index (χ2v) is 6.36. The maximum absolute atomic E-state index is 11.5. The number of carboxylic acids is 1. The molecule has 1 aliphatic heterocycles. The van der Waals surface area contributed by atoms with Crippen LogP contribution in [0.25, 0.3) is 0 Å². The first-order chi connectivity index (χ1) is 10.1. The van der Waals surface area contributed by atoms with Gasteiger partial charge in [-0.2, -0.15) is 0 Å². The lowest BCUT2D eigenvalue weighted by Crippen LogP contribution is -2.20. The summed E-state index contributed by atoms with van der Waals surface area (Å²) in [6, 6.07) is 14.9. The van der Waals surface area contributed by atoms with Gasteiger partial charge in [-0.05, 0) is 29.8 Å². The number of para-hydroxylation sites is 1. The van der Waals surface area contributed by atoms with Crippen molar-refractivity contribution in [3.63, 3.8) is 0 Å². The van der Waals surface area contributed by atoms with E-state index >= 15 is 0 Å². The van der Waals surface area contributed by atoms with E-state index in [4.69, 9.17) is 11.6 Å². The Labute approximate surface area is 131 Å². The number of carboxylic acid groups (broad SMARTS) is 1. The summed E-state index contributed by atoms with van der Waals surface area (Å²) in [5.74, 6) is -0.821. The number of benzene rings is 2. The first kappa shape index (κ1) is 14.2. The molecule has 0 aromatic heterocycles. The SMILES string of the molecule is O=C(O)C1CC(c2ccc(Cl)cc2)=Nc2ccccc2S1. The zero-order chi connectivity index (χ0) is 14.8. The van der Waals surface area contributed by atoms with Crippen molar-refractivity contribution in [1.82, 2.24) is 0 Å². The molecule has 1 unspecified atom stereocenters. The number of aliphatic imine (C=N–C) groups is 1. The Kier molecular flexibility index (Phi) is 3.99. The third-order valence-corrected chi connectivity index (χ3v) is 4.73. The summed E-state index contributed by atoms with van der Waals surface area (Å²) >= 11 is 7.25. The summed E-state index contributed by atoms with van der Waals surface area (Å²) in [4.78, 5) is 17.0. The molecule has 0 bridgehead atoms. The van der Waals surface area contributed by atoms with E-state index in [-0.39, 0.29) is 0 Å². The number of hydrogen-bond donors (Lipinski definition) is 1. The van der Waals surface area contributed by atoms with E-state index in [1.807, 2.05) is 36.4 Å². The monoisotopic (exact) mass is 317 g/mol. The van der Waals surface area contributed by atoms with Crippen molar-refractivity contribution < 1.29 is 9.90 Å². The number of thioether (sulfide) groups is 1. The standard InChI is InChI=1S/C16H12ClNO2S/c17-11-7-5-10(6-8-11)13-9-15(16(19)20)21-14-4-2-1-3-12(14)18-13/h1-8,15H,9H2,(H,19,20). The Morgan fingerprint density at radius 3 is 2.62 bits per heavy atom. The highest BCUT2D eigenvalue weighted by atomic mass is 35.5. The number of rotatable bonds is 2. The van der Waals surface area contributed by atoms with Crippen LogP contribution in [0.2, 0.25) is 5.02 Å². The lowest BCUT2D eigenvalue weighted by Gasteiger charge is -2.10. The number of halogens is 1. The predicted octanol–water partition coefficient (Wildman–Crippen LogP) is 4.41.